The molecule has 0 spiro atoms. The molecule has 6 heteroatoms. The molecule has 0 fully saturated rings. The molecular formula is C18H16N4O2. The summed E-state index contributed by atoms with van der Waals surface area (Å²) in [5.74, 6) is -0.147. The highest BCUT2D eigenvalue weighted by Gasteiger charge is 2.29. The van der Waals surface area contributed by atoms with Crippen LogP contribution in [0.15, 0.2) is 53.3 Å². The number of nitrogens with zero attached hydrogens (tertiary/aromatic N) is 4. The van der Waals surface area contributed by atoms with Gasteiger partial charge in [-0.1, -0.05) is 35.5 Å². The second-order valence-corrected chi connectivity index (χ2v) is 5.90. The molecule has 0 radical (unpaired) electrons. The number of amides is 1. The molecule has 1 aromatic heterocycles. The number of carbonyl (C=O) groups is 1. The number of fused-ring (bicyclic) bond motifs is 2. The highest BCUT2D eigenvalue weighted by Crippen LogP contribution is 2.29. The number of para-hydroxylation sites is 1. The van der Waals surface area contributed by atoms with Crippen LogP contribution in [0.3, 0.4) is 0 Å². The number of carbonyl (C=O) groups excluding carboxylic acids is 1. The summed E-state index contributed by atoms with van der Waals surface area (Å²) in [6, 6.07) is 14.1. The summed E-state index contributed by atoms with van der Waals surface area (Å²) >= 11 is 0. The molecule has 0 N–H and O–H groups in total. The number of rotatable bonds is 2. The molecule has 1 aliphatic heterocycles. The summed E-state index contributed by atoms with van der Waals surface area (Å²) in [4.78, 5) is 27.2. The predicted octanol–water partition coefficient (Wildman–Crippen LogP) is 1.94. The van der Waals surface area contributed by atoms with Gasteiger partial charge in [-0.3, -0.25) is 9.59 Å². The van der Waals surface area contributed by atoms with Gasteiger partial charge < -0.3 is 4.90 Å². The fourth-order valence-electron chi connectivity index (χ4n) is 3.15. The lowest BCUT2D eigenvalue weighted by Gasteiger charge is -2.22. The quantitative estimate of drug-likeness (QED) is 0.724. The third kappa shape index (κ3) is 2.19. The highest BCUT2D eigenvalue weighted by atomic mass is 16.2. The fourth-order valence-corrected chi connectivity index (χ4v) is 3.15. The van der Waals surface area contributed by atoms with Crippen molar-refractivity contribution in [2.24, 2.45) is 0 Å². The largest absolute Gasteiger partial charge is 0.310 e. The van der Waals surface area contributed by atoms with Gasteiger partial charge in [0.1, 0.15) is 11.6 Å². The van der Waals surface area contributed by atoms with E-state index in [0.717, 1.165) is 17.7 Å². The first-order valence-corrected chi connectivity index (χ1v) is 7.90. The maximum absolute atomic E-state index is 12.9. The van der Waals surface area contributed by atoms with Crippen LogP contribution in [0.25, 0.3) is 10.9 Å². The van der Waals surface area contributed by atoms with E-state index in [9.17, 15) is 9.59 Å². The SMILES string of the molecule is CC(C(=O)N1CCc2ccccc21)n1nnc2ccccc2c1=O. The van der Waals surface area contributed by atoms with Crippen molar-refractivity contribution in [2.45, 2.75) is 19.4 Å². The van der Waals surface area contributed by atoms with Crippen molar-refractivity contribution in [1.82, 2.24) is 15.0 Å². The molecule has 4 rings (SSSR count). The van der Waals surface area contributed by atoms with Gasteiger partial charge in [-0.2, -0.15) is 4.68 Å². The third-order valence-electron chi connectivity index (χ3n) is 4.47. The van der Waals surface area contributed by atoms with E-state index in [0.29, 0.717) is 17.4 Å². The van der Waals surface area contributed by atoms with Crippen molar-refractivity contribution in [3.8, 4) is 0 Å². The molecular weight excluding hydrogens is 304 g/mol. The molecule has 1 amide bonds. The Hall–Kier alpha value is -3.02. The predicted molar refractivity (Wildman–Crippen MR) is 91.0 cm³/mol. The van der Waals surface area contributed by atoms with E-state index in [4.69, 9.17) is 0 Å². The molecule has 0 saturated heterocycles. The van der Waals surface area contributed by atoms with Crippen molar-refractivity contribution >= 4 is 22.5 Å². The third-order valence-corrected chi connectivity index (χ3v) is 4.47. The van der Waals surface area contributed by atoms with Gasteiger partial charge in [-0.15, -0.1) is 5.10 Å². The molecule has 0 aliphatic carbocycles. The fraction of sp³-hybridized carbons (Fsp3) is 0.222. The van der Waals surface area contributed by atoms with Crippen LogP contribution in [0.5, 0.6) is 0 Å². The summed E-state index contributed by atoms with van der Waals surface area (Å²) < 4.78 is 1.17. The van der Waals surface area contributed by atoms with E-state index in [-0.39, 0.29) is 11.5 Å². The van der Waals surface area contributed by atoms with E-state index in [1.165, 1.54) is 4.68 Å². The molecule has 2 aromatic carbocycles. The van der Waals surface area contributed by atoms with Gasteiger partial charge in [0.2, 0.25) is 0 Å². The van der Waals surface area contributed by atoms with Crippen LogP contribution in [-0.4, -0.2) is 27.4 Å². The summed E-state index contributed by atoms with van der Waals surface area (Å²) in [5.41, 5.74) is 2.30. The molecule has 0 saturated carbocycles. The van der Waals surface area contributed by atoms with Gasteiger partial charge in [0, 0.05) is 12.2 Å². The van der Waals surface area contributed by atoms with Crippen LogP contribution in [0.1, 0.15) is 18.5 Å². The zero-order valence-electron chi connectivity index (χ0n) is 13.2. The minimum absolute atomic E-state index is 0.147. The number of hydrogen-bond acceptors (Lipinski definition) is 4. The van der Waals surface area contributed by atoms with Crippen LogP contribution >= 0.6 is 0 Å². The topological polar surface area (TPSA) is 68.1 Å². The molecule has 120 valence electrons. The average Bonchev–Trinajstić information content (AvgIpc) is 3.05. The molecule has 6 nitrogen and oxygen atoms in total. The van der Waals surface area contributed by atoms with Crippen molar-refractivity contribution in [3.05, 3.63) is 64.4 Å². The lowest BCUT2D eigenvalue weighted by atomic mass is 10.2. The minimum atomic E-state index is -0.708. The summed E-state index contributed by atoms with van der Waals surface area (Å²) in [6.45, 7) is 2.31. The Labute approximate surface area is 138 Å². The van der Waals surface area contributed by atoms with E-state index < -0.39 is 6.04 Å². The Balaban J connectivity index is 1.72. The second-order valence-electron chi connectivity index (χ2n) is 5.90. The summed E-state index contributed by atoms with van der Waals surface area (Å²) in [5, 5.41) is 8.49. The molecule has 1 atom stereocenters. The number of aromatic nitrogens is 3. The van der Waals surface area contributed by atoms with Crippen LogP contribution in [0.2, 0.25) is 0 Å². The van der Waals surface area contributed by atoms with Crippen molar-refractivity contribution in [2.75, 3.05) is 11.4 Å². The lowest BCUT2D eigenvalue weighted by Crippen LogP contribution is -2.39. The maximum atomic E-state index is 12.9. The number of benzene rings is 2. The van der Waals surface area contributed by atoms with Gasteiger partial charge in [0.25, 0.3) is 11.5 Å². The molecule has 1 aliphatic rings. The van der Waals surface area contributed by atoms with Gasteiger partial charge in [0.15, 0.2) is 0 Å². The van der Waals surface area contributed by atoms with E-state index in [2.05, 4.69) is 10.3 Å². The van der Waals surface area contributed by atoms with Gasteiger partial charge >= 0.3 is 0 Å². The van der Waals surface area contributed by atoms with E-state index in [1.54, 1.807) is 36.1 Å². The van der Waals surface area contributed by atoms with E-state index in [1.807, 2.05) is 24.3 Å². The molecule has 24 heavy (non-hydrogen) atoms. The van der Waals surface area contributed by atoms with Crippen molar-refractivity contribution in [3.63, 3.8) is 0 Å². The average molecular weight is 320 g/mol. The second kappa shape index (κ2) is 5.56. The monoisotopic (exact) mass is 320 g/mol. The Kier molecular flexibility index (Phi) is 3.37. The van der Waals surface area contributed by atoms with Crippen LogP contribution in [-0.2, 0) is 11.2 Å². The number of hydrogen-bond donors (Lipinski definition) is 0. The highest BCUT2D eigenvalue weighted by molar-refractivity contribution is 5.97. The number of anilines is 1. The van der Waals surface area contributed by atoms with Crippen molar-refractivity contribution in [1.29, 1.82) is 0 Å². The van der Waals surface area contributed by atoms with Gasteiger partial charge in [-0.05, 0) is 37.1 Å². The minimum Gasteiger partial charge on any atom is -0.310 e. The van der Waals surface area contributed by atoms with Crippen LogP contribution < -0.4 is 10.5 Å². The standard InChI is InChI=1S/C18H16N4O2/c1-12(17(23)21-11-10-13-6-2-5-9-16(13)21)22-18(24)14-7-3-4-8-15(14)19-20-22/h2-9,12H,10-11H2,1H3. The molecule has 0 bridgehead atoms. The first-order valence-electron chi connectivity index (χ1n) is 7.90. The Morgan fingerprint density at radius 1 is 1.12 bits per heavy atom. The van der Waals surface area contributed by atoms with Crippen molar-refractivity contribution < 1.29 is 4.79 Å². The Morgan fingerprint density at radius 3 is 2.75 bits per heavy atom. The van der Waals surface area contributed by atoms with Crippen LogP contribution in [0.4, 0.5) is 5.69 Å². The summed E-state index contributed by atoms with van der Waals surface area (Å²) in [6.07, 6.45) is 0.826. The first kappa shape index (κ1) is 14.6. The zero-order chi connectivity index (χ0) is 16.7. The smallest absolute Gasteiger partial charge is 0.278 e. The normalized spacial score (nSPS) is 14.6. The summed E-state index contributed by atoms with van der Waals surface area (Å²) in [7, 11) is 0. The van der Waals surface area contributed by atoms with Crippen LogP contribution in [0, 0.1) is 0 Å². The van der Waals surface area contributed by atoms with E-state index >= 15 is 0 Å². The zero-order valence-corrected chi connectivity index (χ0v) is 13.2. The van der Waals surface area contributed by atoms with Gasteiger partial charge in [-0.25, -0.2) is 0 Å². The van der Waals surface area contributed by atoms with Gasteiger partial charge in [0.05, 0.1) is 5.39 Å². The maximum Gasteiger partial charge on any atom is 0.278 e. The lowest BCUT2D eigenvalue weighted by molar-refractivity contribution is -0.121. The Morgan fingerprint density at radius 2 is 1.88 bits per heavy atom. The molecule has 1 unspecified atom stereocenters. The molecule has 3 aromatic rings. The Bertz CT molecular complexity index is 995. The molecule has 2 heterocycles. The first-order chi connectivity index (χ1) is 11.7.